The Balaban J connectivity index is 1.15. The lowest BCUT2D eigenvalue weighted by atomic mass is 9.71. The molecule has 6 rings (SSSR count). The highest BCUT2D eigenvalue weighted by Crippen LogP contribution is 2.79. The molecule has 4 bridgehead atoms. The van der Waals surface area contributed by atoms with Gasteiger partial charge in [-0.15, -0.1) is 0 Å². The lowest BCUT2D eigenvalue weighted by Crippen LogP contribution is -2.64. The number of carbonyl (C=O) groups excluding carboxylic acids is 2. The highest BCUT2D eigenvalue weighted by molar-refractivity contribution is 5.80. The van der Waals surface area contributed by atoms with Crippen molar-refractivity contribution in [1.29, 1.82) is 0 Å². The Morgan fingerprint density at radius 1 is 0.714 bits per heavy atom. The van der Waals surface area contributed by atoms with Gasteiger partial charge >= 0.3 is 29.7 Å². The molecule has 6 aliphatic rings. The highest BCUT2D eigenvalue weighted by atomic mass is 19.4. The number of ether oxygens (including phenoxy) is 2. The molecule has 12 heteroatoms. The summed E-state index contributed by atoms with van der Waals surface area (Å²) in [6.07, 6.45) is 1.91. The number of fused-ring (bicyclic) bond motifs is 10. The van der Waals surface area contributed by atoms with Crippen LogP contribution in [-0.2, 0) is 19.1 Å². The molecule has 238 valence electrons. The average Bonchev–Trinajstić information content (AvgIpc) is 3.71. The zero-order valence-electron chi connectivity index (χ0n) is 24.1. The maximum atomic E-state index is 15.8. The van der Waals surface area contributed by atoms with Crippen LogP contribution in [0.4, 0.5) is 35.1 Å². The Morgan fingerprint density at radius 3 is 1.95 bits per heavy atom. The third-order valence-electron chi connectivity index (χ3n) is 12.4. The summed E-state index contributed by atoms with van der Waals surface area (Å²) >= 11 is 0. The molecule has 0 amide bonds. The third kappa shape index (κ3) is 3.36. The van der Waals surface area contributed by atoms with Crippen LogP contribution in [0.1, 0.15) is 85.5 Å². The molecule has 0 heterocycles. The summed E-state index contributed by atoms with van der Waals surface area (Å²) in [6, 6.07) is 0. The Hall–Kier alpha value is -1.62. The fraction of sp³-hybridized carbons (Fsp3) is 0.933. The molecule has 0 aliphatic heterocycles. The molecule has 0 saturated heterocycles. The SMILES string of the molecule is CCC(C)(CC(C)(C)C(=O)OC1CC2CC1C1(F)C(F)(F)C(F)(F)C(F)(F)C21F)C(=O)OC1CC2CC1C1CCCC21. The minimum Gasteiger partial charge on any atom is -0.462 e. The van der Waals surface area contributed by atoms with Gasteiger partial charge in [-0.1, -0.05) is 13.3 Å². The normalized spacial score (nSPS) is 46.8. The van der Waals surface area contributed by atoms with Crippen LogP contribution in [0.5, 0.6) is 0 Å². The molecule has 0 aromatic heterocycles. The van der Waals surface area contributed by atoms with Crippen LogP contribution in [0, 0.1) is 46.3 Å². The number of carbonyl (C=O) groups is 2. The second kappa shape index (κ2) is 8.76. The number of rotatable bonds is 7. The van der Waals surface area contributed by atoms with Gasteiger partial charge < -0.3 is 9.47 Å². The van der Waals surface area contributed by atoms with Gasteiger partial charge in [0.05, 0.1) is 10.8 Å². The van der Waals surface area contributed by atoms with Gasteiger partial charge in [0.1, 0.15) is 12.2 Å². The van der Waals surface area contributed by atoms with E-state index in [9.17, 15) is 35.9 Å². The van der Waals surface area contributed by atoms with Crippen molar-refractivity contribution in [1.82, 2.24) is 0 Å². The highest BCUT2D eigenvalue weighted by Gasteiger charge is 3.04. The number of hydrogen-bond acceptors (Lipinski definition) is 4. The minimum atomic E-state index is -6.26. The van der Waals surface area contributed by atoms with E-state index in [4.69, 9.17) is 9.47 Å². The molecule has 0 aromatic rings. The molecular formula is C30H38F8O4. The maximum absolute atomic E-state index is 15.8. The van der Waals surface area contributed by atoms with Crippen LogP contribution in [0.15, 0.2) is 0 Å². The van der Waals surface area contributed by atoms with E-state index in [1.54, 1.807) is 13.8 Å². The van der Waals surface area contributed by atoms with Crippen LogP contribution in [-0.4, -0.2) is 53.3 Å². The predicted octanol–water partition coefficient (Wildman–Crippen LogP) is 7.47. The Morgan fingerprint density at radius 2 is 1.31 bits per heavy atom. The van der Waals surface area contributed by atoms with E-state index in [0.717, 1.165) is 19.3 Å². The van der Waals surface area contributed by atoms with Gasteiger partial charge in [-0.05, 0) is 95.8 Å². The van der Waals surface area contributed by atoms with Crippen molar-refractivity contribution in [2.75, 3.05) is 0 Å². The monoisotopic (exact) mass is 614 g/mol. The molecule has 6 saturated carbocycles. The summed E-state index contributed by atoms with van der Waals surface area (Å²) in [5.74, 6) is -22.2. The lowest BCUT2D eigenvalue weighted by Gasteiger charge is -2.43. The second-order valence-electron chi connectivity index (χ2n) is 14.9. The summed E-state index contributed by atoms with van der Waals surface area (Å²) < 4.78 is 129. The van der Waals surface area contributed by atoms with Gasteiger partial charge in [-0.25, -0.2) is 8.78 Å². The molecule has 0 N–H and O–H groups in total. The van der Waals surface area contributed by atoms with Gasteiger partial charge in [0.25, 0.3) is 0 Å². The first-order valence-electron chi connectivity index (χ1n) is 15.1. The molecule has 4 nitrogen and oxygen atoms in total. The summed E-state index contributed by atoms with van der Waals surface area (Å²) in [6.45, 7) is 6.26. The summed E-state index contributed by atoms with van der Waals surface area (Å²) in [5.41, 5.74) is -12.3. The Bertz CT molecular complexity index is 1180. The van der Waals surface area contributed by atoms with Crippen LogP contribution in [0.3, 0.4) is 0 Å². The van der Waals surface area contributed by atoms with Crippen LogP contribution >= 0.6 is 0 Å². The number of esters is 2. The molecule has 11 atom stereocenters. The van der Waals surface area contributed by atoms with Crippen molar-refractivity contribution in [3.63, 3.8) is 0 Å². The number of halogens is 8. The Kier molecular flexibility index (Phi) is 6.34. The van der Waals surface area contributed by atoms with E-state index in [1.165, 1.54) is 26.7 Å². The smallest absolute Gasteiger partial charge is 0.378 e. The number of alkyl halides is 8. The largest absolute Gasteiger partial charge is 0.462 e. The van der Waals surface area contributed by atoms with Crippen LogP contribution < -0.4 is 0 Å². The van der Waals surface area contributed by atoms with E-state index in [0.29, 0.717) is 23.7 Å². The zero-order chi connectivity index (χ0) is 31.1. The predicted molar refractivity (Wildman–Crippen MR) is 132 cm³/mol. The van der Waals surface area contributed by atoms with Gasteiger partial charge in [-0.2, -0.15) is 26.3 Å². The van der Waals surface area contributed by atoms with Crippen molar-refractivity contribution >= 4 is 11.9 Å². The molecule has 0 aromatic carbocycles. The van der Waals surface area contributed by atoms with Crippen molar-refractivity contribution < 1.29 is 54.2 Å². The van der Waals surface area contributed by atoms with E-state index in [2.05, 4.69) is 0 Å². The lowest BCUT2D eigenvalue weighted by molar-refractivity contribution is -0.298. The van der Waals surface area contributed by atoms with Crippen molar-refractivity contribution in [2.24, 2.45) is 46.3 Å². The molecule has 0 radical (unpaired) electrons. The quantitative estimate of drug-likeness (QED) is 0.221. The zero-order valence-corrected chi connectivity index (χ0v) is 24.1. The first kappa shape index (κ1) is 30.4. The van der Waals surface area contributed by atoms with E-state index < -0.39 is 82.7 Å². The first-order chi connectivity index (χ1) is 19.2. The number of hydrogen-bond donors (Lipinski definition) is 0. The van der Waals surface area contributed by atoms with Gasteiger partial charge in [0, 0.05) is 11.8 Å². The van der Waals surface area contributed by atoms with Crippen molar-refractivity contribution in [3.8, 4) is 0 Å². The Labute approximate surface area is 239 Å². The minimum absolute atomic E-state index is 0.0953. The van der Waals surface area contributed by atoms with Crippen LogP contribution in [0.2, 0.25) is 0 Å². The van der Waals surface area contributed by atoms with E-state index in [-0.39, 0.29) is 18.9 Å². The topological polar surface area (TPSA) is 52.6 Å². The molecule has 6 fully saturated rings. The summed E-state index contributed by atoms with van der Waals surface area (Å²) in [5, 5.41) is 0. The fourth-order valence-electron chi connectivity index (χ4n) is 10.1. The fourth-order valence-corrected chi connectivity index (χ4v) is 10.1. The summed E-state index contributed by atoms with van der Waals surface area (Å²) in [7, 11) is 0. The molecular weight excluding hydrogens is 576 g/mol. The molecule has 0 spiro atoms. The van der Waals surface area contributed by atoms with Gasteiger partial charge in [0.2, 0.25) is 11.3 Å². The van der Waals surface area contributed by atoms with Crippen molar-refractivity contribution in [3.05, 3.63) is 0 Å². The summed E-state index contributed by atoms with van der Waals surface area (Å²) in [4.78, 5) is 26.8. The van der Waals surface area contributed by atoms with Crippen LogP contribution in [0.25, 0.3) is 0 Å². The van der Waals surface area contributed by atoms with Crippen molar-refractivity contribution in [2.45, 2.75) is 127 Å². The molecule has 6 aliphatic carbocycles. The van der Waals surface area contributed by atoms with E-state index in [1.807, 2.05) is 0 Å². The molecule has 42 heavy (non-hydrogen) atoms. The van der Waals surface area contributed by atoms with Gasteiger partial charge in [-0.3, -0.25) is 9.59 Å². The first-order valence-corrected chi connectivity index (χ1v) is 15.1. The second-order valence-corrected chi connectivity index (χ2v) is 14.9. The molecule has 11 unspecified atom stereocenters. The third-order valence-corrected chi connectivity index (χ3v) is 12.4. The van der Waals surface area contributed by atoms with Gasteiger partial charge in [0.15, 0.2) is 0 Å². The average molecular weight is 615 g/mol. The van der Waals surface area contributed by atoms with E-state index >= 15 is 8.78 Å². The standard InChI is InChI=1S/C30H38F8O4/c1-5-25(4,23(40)41-20-10-14-9-18(20)17-8-6-7-16(14)17)13-24(2,3)22(39)42-21-12-15-11-19(21)27(32)26(15,31)28(33,34)30(37,38)29(27,35)36/h14-21H,5-13H2,1-4H3. The maximum Gasteiger partial charge on any atom is 0.378 e.